The van der Waals surface area contributed by atoms with Crippen LogP contribution in [0, 0.1) is 17.2 Å². The maximum atomic E-state index is 11.7. The predicted octanol–water partition coefficient (Wildman–Crippen LogP) is 2.44. The Morgan fingerprint density at radius 2 is 2.14 bits per heavy atom. The van der Waals surface area contributed by atoms with Gasteiger partial charge >= 0.3 is 5.97 Å². The number of carbonyl (C=O) groups is 1. The standard InChI is InChI=1S/C20H22N4O4/c1-26-18-8-14(10-21)5-6-17(18)28-12-15-4-3-7-24(11-15)19-9-16(20(25)27-2)22-13-23-19/h5-6,8-9,13,15H,3-4,7,11-12H2,1-2H3. The zero-order chi connectivity index (χ0) is 19.9. The van der Waals surface area contributed by atoms with Gasteiger partial charge in [-0.3, -0.25) is 0 Å². The molecule has 0 N–H and O–H groups in total. The van der Waals surface area contributed by atoms with E-state index in [-0.39, 0.29) is 5.69 Å². The molecule has 28 heavy (non-hydrogen) atoms. The molecule has 2 aromatic rings. The van der Waals surface area contributed by atoms with Crippen molar-refractivity contribution in [3.63, 3.8) is 0 Å². The normalized spacial score (nSPS) is 16.2. The van der Waals surface area contributed by atoms with Crippen LogP contribution in [-0.4, -0.2) is 49.9 Å². The Bertz CT molecular complexity index is 881. The molecule has 0 bridgehead atoms. The Morgan fingerprint density at radius 3 is 2.89 bits per heavy atom. The monoisotopic (exact) mass is 382 g/mol. The van der Waals surface area contributed by atoms with E-state index in [2.05, 4.69) is 20.9 Å². The van der Waals surface area contributed by atoms with Crippen LogP contribution in [-0.2, 0) is 4.74 Å². The lowest BCUT2D eigenvalue weighted by Gasteiger charge is -2.33. The van der Waals surface area contributed by atoms with E-state index in [4.69, 9.17) is 19.5 Å². The molecule has 1 unspecified atom stereocenters. The van der Waals surface area contributed by atoms with Crippen LogP contribution >= 0.6 is 0 Å². The van der Waals surface area contributed by atoms with Crippen molar-refractivity contribution in [1.82, 2.24) is 9.97 Å². The van der Waals surface area contributed by atoms with Gasteiger partial charge in [-0.1, -0.05) is 0 Å². The third-order valence-corrected chi connectivity index (χ3v) is 4.66. The first-order valence-corrected chi connectivity index (χ1v) is 9.01. The summed E-state index contributed by atoms with van der Waals surface area (Å²) in [7, 11) is 2.88. The largest absolute Gasteiger partial charge is 0.493 e. The highest BCUT2D eigenvalue weighted by molar-refractivity contribution is 5.87. The van der Waals surface area contributed by atoms with Crippen molar-refractivity contribution in [1.29, 1.82) is 5.26 Å². The number of methoxy groups -OCH3 is 2. The van der Waals surface area contributed by atoms with Gasteiger partial charge in [0.05, 0.1) is 32.5 Å². The van der Waals surface area contributed by atoms with Gasteiger partial charge in [0.1, 0.15) is 12.1 Å². The molecule has 1 saturated heterocycles. The number of rotatable bonds is 6. The molecule has 0 amide bonds. The van der Waals surface area contributed by atoms with E-state index in [0.29, 0.717) is 35.4 Å². The lowest BCUT2D eigenvalue weighted by Crippen LogP contribution is -2.38. The van der Waals surface area contributed by atoms with Gasteiger partial charge in [-0.25, -0.2) is 14.8 Å². The van der Waals surface area contributed by atoms with Crippen molar-refractivity contribution in [2.75, 3.05) is 38.8 Å². The highest BCUT2D eigenvalue weighted by Gasteiger charge is 2.23. The summed E-state index contributed by atoms with van der Waals surface area (Å²) in [5, 5.41) is 9.00. The van der Waals surface area contributed by atoms with Gasteiger partial charge < -0.3 is 19.1 Å². The highest BCUT2D eigenvalue weighted by atomic mass is 16.5. The molecule has 0 saturated carbocycles. The number of carbonyl (C=O) groups excluding carboxylic acids is 1. The number of hydrogen-bond donors (Lipinski definition) is 0. The molecule has 3 rings (SSSR count). The Kier molecular flexibility index (Phi) is 6.27. The van der Waals surface area contributed by atoms with Gasteiger partial charge in [0.15, 0.2) is 17.2 Å². The minimum Gasteiger partial charge on any atom is -0.493 e. The zero-order valence-electron chi connectivity index (χ0n) is 15.9. The lowest BCUT2D eigenvalue weighted by molar-refractivity contribution is 0.0594. The van der Waals surface area contributed by atoms with Crippen LogP contribution in [0.15, 0.2) is 30.6 Å². The Morgan fingerprint density at radius 1 is 1.29 bits per heavy atom. The molecule has 1 fully saturated rings. The van der Waals surface area contributed by atoms with Gasteiger partial charge in [-0.05, 0) is 25.0 Å². The summed E-state index contributed by atoms with van der Waals surface area (Å²) >= 11 is 0. The predicted molar refractivity (Wildman–Crippen MR) is 102 cm³/mol. The van der Waals surface area contributed by atoms with Crippen molar-refractivity contribution in [2.24, 2.45) is 5.92 Å². The summed E-state index contributed by atoms with van der Waals surface area (Å²) in [5.74, 6) is 1.69. The average molecular weight is 382 g/mol. The van der Waals surface area contributed by atoms with Crippen LogP contribution in [0.25, 0.3) is 0 Å². The first kappa shape index (κ1) is 19.4. The Balaban J connectivity index is 1.65. The number of ether oxygens (including phenoxy) is 3. The van der Waals surface area contributed by atoms with E-state index < -0.39 is 5.97 Å². The molecule has 8 heteroatoms. The smallest absolute Gasteiger partial charge is 0.356 e. The maximum absolute atomic E-state index is 11.7. The summed E-state index contributed by atoms with van der Waals surface area (Å²) in [6, 6.07) is 8.87. The van der Waals surface area contributed by atoms with Gasteiger partial charge in [-0.2, -0.15) is 5.26 Å². The van der Waals surface area contributed by atoms with Gasteiger partial charge in [0.2, 0.25) is 0 Å². The second kappa shape index (κ2) is 9.04. The third-order valence-electron chi connectivity index (χ3n) is 4.66. The molecule has 8 nitrogen and oxygen atoms in total. The molecule has 0 aliphatic carbocycles. The van der Waals surface area contributed by atoms with Gasteiger partial charge in [0.25, 0.3) is 0 Å². The van der Waals surface area contributed by atoms with Crippen molar-refractivity contribution >= 4 is 11.8 Å². The van der Waals surface area contributed by atoms with Crippen LogP contribution < -0.4 is 14.4 Å². The van der Waals surface area contributed by atoms with Crippen molar-refractivity contribution in [2.45, 2.75) is 12.8 Å². The van der Waals surface area contributed by atoms with Gasteiger partial charge in [0, 0.05) is 31.1 Å². The van der Waals surface area contributed by atoms with Crippen LogP contribution in [0.5, 0.6) is 11.5 Å². The van der Waals surface area contributed by atoms with Crippen molar-refractivity contribution in [3.8, 4) is 17.6 Å². The van der Waals surface area contributed by atoms with E-state index in [1.165, 1.54) is 13.4 Å². The van der Waals surface area contributed by atoms with Crippen LogP contribution in [0.4, 0.5) is 5.82 Å². The number of anilines is 1. The second-order valence-corrected chi connectivity index (χ2v) is 6.50. The summed E-state index contributed by atoms with van der Waals surface area (Å²) < 4.78 is 16.0. The molecule has 146 valence electrons. The number of nitrogens with zero attached hydrogens (tertiary/aromatic N) is 4. The van der Waals surface area contributed by atoms with E-state index in [0.717, 1.165) is 25.9 Å². The second-order valence-electron chi connectivity index (χ2n) is 6.50. The quantitative estimate of drug-likeness (QED) is 0.703. The number of hydrogen-bond acceptors (Lipinski definition) is 8. The first-order valence-electron chi connectivity index (χ1n) is 9.01. The van der Waals surface area contributed by atoms with Crippen LogP contribution in [0.3, 0.4) is 0 Å². The molecule has 1 aliphatic heterocycles. The van der Waals surface area contributed by atoms with Crippen molar-refractivity contribution < 1.29 is 19.0 Å². The minimum absolute atomic E-state index is 0.244. The molecule has 0 radical (unpaired) electrons. The fraction of sp³-hybridized carbons (Fsp3) is 0.400. The fourth-order valence-corrected chi connectivity index (χ4v) is 3.21. The fourth-order valence-electron chi connectivity index (χ4n) is 3.21. The van der Waals surface area contributed by atoms with Gasteiger partial charge in [-0.15, -0.1) is 0 Å². The van der Waals surface area contributed by atoms with E-state index in [1.807, 2.05) is 0 Å². The molecular formula is C20H22N4O4. The molecule has 2 heterocycles. The topological polar surface area (TPSA) is 97.6 Å². The first-order chi connectivity index (χ1) is 13.6. The molecular weight excluding hydrogens is 360 g/mol. The average Bonchev–Trinajstić information content (AvgIpc) is 2.77. The van der Waals surface area contributed by atoms with E-state index in [1.54, 1.807) is 31.4 Å². The molecule has 1 atom stereocenters. The lowest BCUT2D eigenvalue weighted by atomic mass is 9.99. The number of aromatic nitrogens is 2. The SMILES string of the molecule is COC(=O)c1cc(N2CCCC(COc3ccc(C#N)cc3OC)C2)ncn1. The molecule has 1 aromatic carbocycles. The molecule has 0 spiro atoms. The van der Waals surface area contributed by atoms with Crippen molar-refractivity contribution in [3.05, 3.63) is 41.9 Å². The number of nitriles is 1. The third kappa shape index (κ3) is 4.49. The maximum Gasteiger partial charge on any atom is 0.356 e. The number of esters is 1. The summed E-state index contributed by atoms with van der Waals surface area (Å²) in [5.41, 5.74) is 0.770. The number of benzene rings is 1. The zero-order valence-corrected chi connectivity index (χ0v) is 15.9. The number of piperidine rings is 1. The minimum atomic E-state index is -0.478. The summed E-state index contributed by atoms with van der Waals surface area (Å²) in [6.07, 6.45) is 3.41. The Hall–Kier alpha value is -3.34. The van der Waals surface area contributed by atoms with Crippen LogP contribution in [0.1, 0.15) is 28.9 Å². The molecule has 1 aromatic heterocycles. The Labute approximate surface area is 163 Å². The summed E-state index contributed by atoms with van der Waals surface area (Å²) in [6.45, 7) is 2.14. The molecule has 1 aliphatic rings. The van der Waals surface area contributed by atoms with E-state index in [9.17, 15) is 4.79 Å². The highest BCUT2D eigenvalue weighted by Crippen LogP contribution is 2.29. The van der Waals surface area contributed by atoms with Crippen LogP contribution in [0.2, 0.25) is 0 Å². The van der Waals surface area contributed by atoms with E-state index >= 15 is 0 Å². The summed E-state index contributed by atoms with van der Waals surface area (Å²) in [4.78, 5) is 22.1.